The number of rotatable bonds is 2. The number of carbonyl (C=O) groups is 1. The van der Waals surface area contributed by atoms with Crippen molar-refractivity contribution in [3.8, 4) is 0 Å². The summed E-state index contributed by atoms with van der Waals surface area (Å²) < 4.78 is 4.69. The highest BCUT2D eigenvalue weighted by Gasteiger charge is 2.17. The monoisotopic (exact) mass is 196 g/mol. The fourth-order valence-electron chi connectivity index (χ4n) is 1.64. The molecule has 1 aliphatic heterocycles. The summed E-state index contributed by atoms with van der Waals surface area (Å²) in [5, 5.41) is 12.4. The molecule has 0 saturated carbocycles. The van der Waals surface area contributed by atoms with Crippen molar-refractivity contribution in [1.29, 1.82) is 0 Å². The Morgan fingerprint density at radius 3 is 2.71 bits per heavy atom. The molecule has 0 atom stereocenters. The highest BCUT2D eigenvalue weighted by molar-refractivity contribution is 5.85. The Hall–Kier alpha value is -1.52. The predicted octanol–water partition coefficient (Wildman–Crippen LogP) is 1.36. The fourth-order valence-corrected chi connectivity index (χ4v) is 1.64. The van der Waals surface area contributed by atoms with E-state index in [0.29, 0.717) is 5.82 Å². The van der Waals surface area contributed by atoms with Gasteiger partial charge in [-0.25, -0.2) is 4.79 Å². The van der Waals surface area contributed by atoms with Crippen LogP contribution in [0.4, 0.5) is 5.82 Å². The van der Waals surface area contributed by atoms with Crippen LogP contribution in [0.5, 0.6) is 0 Å². The Balaban J connectivity index is 2.11. The van der Waals surface area contributed by atoms with E-state index in [1.807, 2.05) is 0 Å². The van der Waals surface area contributed by atoms with Gasteiger partial charge in [-0.15, -0.1) is 0 Å². The molecule has 1 aromatic rings. The van der Waals surface area contributed by atoms with Crippen molar-refractivity contribution < 1.29 is 14.4 Å². The van der Waals surface area contributed by atoms with Crippen LogP contribution in [0, 0.1) is 0 Å². The lowest BCUT2D eigenvalue weighted by molar-refractivity contribution is 0.0652. The minimum absolute atomic E-state index is 0.0921. The number of aromatic nitrogens is 1. The minimum atomic E-state index is -1.07. The van der Waals surface area contributed by atoms with Gasteiger partial charge in [0.05, 0.1) is 0 Å². The van der Waals surface area contributed by atoms with E-state index < -0.39 is 5.97 Å². The van der Waals surface area contributed by atoms with Crippen LogP contribution in [0.2, 0.25) is 0 Å². The van der Waals surface area contributed by atoms with Crippen LogP contribution >= 0.6 is 0 Å². The number of hydrogen-bond donors (Lipinski definition) is 1. The summed E-state index contributed by atoms with van der Waals surface area (Å²) >= 11 is 0. The van der Waals surface area contributed by atoms with Gasteiger partial charge in [0.1, 0.15) is 0 Å². The summed E-state index contributed by atoms with van der Waals surface area (Å²) in [6.07, 6.45) is 3.50. The van der Waals surface area contributed by atoms with Crippen molar-refractivity contribution in [2.24, 2.45) is 0 Å². The first-order valence-electron chi connectivity index (χ1n) is 4.72. The molecule has 0 bridgehead atoms. The molecule has 2 rings (SSSR count). The van der Waals surface area contributed by atoms with Gasteiger partial charge in [0.15, 0.2) is 5.82 Å². The van der Waals surface area contributed by atoms with Gasteiger partial charge >= 0.3 is 5.97 Å². The van der Waals surface area contributed by atoms with Crippen molar-refractivity contribution in [3.05, 3.63) is 11.8 Å². The van der Waals surface area contributed by atoms with E-state index in [1.54, 1.807) is 0 Å². The average Bonchev–Trinajstić information content (AvgIpc) is 2.68. The average molecular weight is 196 g/mol. The van der Waals surface area contributed by atoms with Crippen LogP contribution in [-0.4, -0.2) is 29.3 Å². The van der Waals surface area contributed by atoms with Crippen LogP contribution in [0.25, 0.3) is 0 Å². The molecule has 5 heteroatoms. The first kappa shape index (κ1) is 9.05. The summed E-state index contributed by atoms with van der Waals surface area (Å²) in [4.78, 5) is 12.6. The van der Waals surface area contributed by atoms with Gasteiger partial charge in [-0.3, -0.25) is 0 Å². The number of aromatic carboxylic acids is 1. The van der Waals surface area contributed by atoms with Crippen LogP contribution in [0.3, 0.4) is 0 Å². The second kappa shape index (κ2) is 3.69. The Morgan fingerprint density at radius 2 is 2.14 bits per heavy atom. The number of carboxylic acids is 1. The lowest BCUT2D eigenvalue weighted by Gasteiger charge is -2.25. The zero-order valence-electron chi connectivity index (χ0n) is 7.77. The Bertz CT molecular complexity index is 329. The molecular formula is C9H12N2O3. The fraction of sp³-hybridized carbons (Fsp3) is 0.556. The largest absolute Gasteiger partial charge is 0.475 e. The van der Waals surface area contributed by atoms with Crippen molar-refractivity contribution in [2.75, 3.05) is 18.0 Å². The minimum Gasteiger partial charge on any atom is -0.475 e. The molecule has 5 nitrogen and oxygen atoms in total. The Labute approximate surface area is 81.3 Å². The highest BCUT2D eigenvalue weighted by atomic mass is 16.5. The third-order valence-corrected chi connectivity index (χ3v) is 2.39. The highest BCUT2D eigenvalue weighted by Crippen LogP contribution is 2.19. The van der Waals surface area contributed by atoms with E-state index in [1.165, 1.54) is 12.5 Å². The molecule has 0 aromatic carbocycles. The summed E-state index contributed by atoms with van der Waals surface area (Å²) in [5.41, 5.74) is 0. The molecule has 2 heterocycles. The zero-order chi connectivity index (χ0) is 9.97. The summed E-state index contributed by atoms with van der Waals surface area (Å²) in [7, 11) is 0. The predicted molar refractivity (Wildman–Crippen MR) is 49.5 cm³/mol. The normalized spacial score (nSPS) is 17.0. The van der Waals surface area contributed by atoms with Crippen LogP contribution in [-0.2, 0) is 0 Å². The molecule has 0 spiro atoms. The van der Waals surface area contributed by atoms with E-state index in [9.17, 15) is 4.79 Å². The van der Waals surface area contributed by atoms with E-state index in [2.05, 4.69) is 14.6 Å². The number of hydrogen-bond acceptors (Lipinski definition) is 4. The Kier molecular flexibility index (Phi) is 2.39. The van der Waals surface area contributed by atoms with Gasteiger partial charge in [0, 0.05) is 19.2 Å². The van der Waals surface area contributed by atoms with Gasteiger partial charge in [-0.2, -0.15) is 0 Å². The maximum atomic E-state index is 10.5. The number of nitrogens with zero attached hydrogens (tertiary/aromatic N) is 2. The van der Waals surface area contributed by atoms with Crippen LogP contribution in [0.1, 0.15) is 29.8 Å². The first-order chi connectivity index (χ1) is 6.77. The van der Waals surface area contributed by atoms with E-state index in [-0.39, 0.29) is 5.76 Å². The lowest BCUT2D eigenvalue weighted by atomic mass is 10.1. The van der Waals surface area contributed by atoms with Gasteiger partial charge in [0.2, 0.25) is 5.76 Å². The molecule has 1 aliphatic rings. The molecule has 1 fully saturated rings. The van der Waals surface area contributed by atoms with Crippen molar-refractivity contribution in [1.82, 2.24) is 5.16 Å². The molecule has 0 amide bonds. The van der Waals surface area contributed by atoms with E-state index in [0.717, 1.165) is 25.9 Å². The quantitative estimate of drug-likeness (QED) is 0.773. The summed E-state index contributed by atoms with van der Waals surface area (Å²) in [5.74, 6) is -0.520. The second-order valence-corrected chi connectivity index (χ2v) is 3.40. The number of carboxylic acid groups (broad SMARTS) is 1. The van der Waals surface area contributed by atoms with Gasteiger partial charge < -0.3 is 14.5 Å². The second-order valence-electron chi connectivity index (χ2n) is 3.40. The van der Waals surface area contributed by atoms with Gasteiger partial charge in [0.25, 0.3) is 0 Å². The van der Waals surface area contributed by atoms with Gasteiger partial charge in [-0.1, -0.05) is 5.16 Å². The molecule has 0 radical (unpaired) electrons. The summed E-state index contributed by atoms with van der Waals surface area (Å²) in [6, 6.07) is 1.48. The van der Waals surface area contributed by atoms with E-state index in [4.69, 9.17) is 5.11 Å². The van der Waals surface area contributed by atoms with Crippen molar-refractivity contribution >= 4 is 11.8 Å². The topological polar surface area (TPSA) is 66.6 Å². The maximum Gasteiger partial charge on any atom is 0.374 e. The summed E-state index contributed by atoms with van der Waals surface area (Å²) in [6.45, 7) is 1.87. The molecule has 0 aliphatic carbocycles. The molecule has 1 N–H and O–H groups in total. The molecule has 0 unspecified atom stereocenters. The third-order valence-electron chi connectivity index (χ3n) is 2.39. The molecule has 1 saturated heterocycles. The molecule has 1 aromatic heterocycles. The molecule has 14 heavy (non-hydrogen) atoms. The standard InChI is InChI=1S/C9H12N2O3/c12-9(13)7-6-8(10-14-7)11-4-2-1-3-5-11/h6H,1-5H2,(H,12,13). The van der Waals surface area contributed by atoms with E-state index >= 15 is 0 Å². The number of piperidine rings is 1. The zero-order valence-corrected chi connectivity index (χ0v) is 7.77. The maximum absolute atomic E-state index is 10.5. The van der Waals surface area contributed by atoms with Crippen LogP contribution in [0.15, 0.2) is 10.6 Å². The number of anilines is 1. The molecular weight excluding hydrogens is 184 g/mol. The SMILES string of the molecule is O=C(O)c1cc(N2CCCCC2)no1. The first-order valence-corrected chi connectivity index (χ1v) is 4.72. The Morgan fingerprint density at radius 1 is 1.43 bits per heavy atom. The smallest absolute Gasteiger partial charge is 0.374 e. The van der Waals surface area contributed by atoms with Crippen molar-refractivity contribution in [3.63, 3.8) is 0 Å². The van der Waals surface area contributed by atoms with Gasteiger partial charge in [-0.05, 0) is 19.3 Å². The third kappa shape index (κ3) is 1.71. The molecule has 76 valence electrons. The van der Waals surface area contributed by atoms with Crippen LogP contribution < -0.4 is 4.90 Å². The van der Waals surface area contributed by atoms with Crippen molar-refractivity contribution in [2.45, 2.75) is 19.3 Å². The lowest BCUT2D eigenvalue weighted by Crippen LogP contribution is -2.29.